The number of aryl methyl sites for hydroxylation is 1. The van der Waals surface area contributed by atoms with E-state index in [0.717, 1.165) is 12.1 Å². The molecule has 0 bridgehead atoms. The number of hydrogen-bond acceptors (Lipinski definition) is 6. The van der Waals surface area contributed by atoms with Gasteiger partial charge in [-0.15, -0.1) is 0 Å². The van der Waals surface area contributed by atoms with E-state index in [1.54, 1.807) is 4.90 Å². The van der Waals surface area contributed by atoms with Gasteiger partial charge in [0.25, 0.3) is 0 Å². The number of aromatic nitrogens is 2. The molecular weight excluding hydrogens is 447 g/mol. The molecule has 1 saturated heterocycles. The first-order valence-corrected chi connectivity index (χ1v) is 11.9. The zero-order valence-electron chi connectivity index (χ0n) is 17.8. The van der Waals surface area contributed by atoms with Crippen LogP contribution in [0.4, 0.5) is 4.39 Å². The van der Waals surface area contributed by atoms with Crippen molar-refractivity contribution in [2.45, 2.75) is 50.3 Å². The number of halogens is 2. The molecule has 1 fully saturated rings. The number of sulfonamides is 1. The van der Waals surface area contributed by atoms with Crippen molar-refractivity contribution in [3.63, 3.8) is 0 Å². The van der Waals surface area contributed by atoms with Crippen LogP contribution in [0.3, 0.4) is 0 Å². The first-order chi connectivity index (χ1) is 14.5. The van der Waals surface area contributed by atoms with Crippen LogP contribution in [0, 0.1) is 5.82 Å². The zero-order valence-corrected chi connectivity index (χ0v) is 19.3. The van der Waals surface area contributed by atoms with Crippen LogP contribution in [0.1, 0.15) is 45.3 Å². The van der Waals surface area contributed by atoms with E-state index in [4.69, 9.17) is 16.1 Å². The molecule has 31 heavy (non-hydrogen) atoms. The van der Waals surface area contributed by atoms with Gasteiger partial charge >= 0.3 is 0 Å². The number of nitrogens with zero attached hydrogens (tertiary/aromatic N) is 4. The topological polar surface area (TPSA) is 96.6 Å². The molecule has 0 unspecified atom stereocenters. The molecule has 1 aliphatic heterocycles. The largest absolute Gasteiger partial charge is 0.340 e. The predicted octanol–water partition coefficient (Wildman–Crippen LogP) is 3.02. The smallest absolute Gasteiger partial charge is 0.243 e. The van der Waals surface area contributed by atoms with Gasteiger partial charge < -0.3 is 9.42 Å². The SMILES string of the molecule is CC(C)(C)c1noc(CCCC(=O)N2CCN(S(=O)(=O)c3ccc(F)c(Cl)c3)CC2)n1. The summed E-state index contributed by atoms with van der Waals surface area (Å²) in [6.45, 7) is 6.91. The summed E-state index contributed by atoms with van der Waals surface area (Å²) in [7, 11) is -3.80. The molecule has 0 aliphatic carbocycles. The van der Waals surface area contributed by atoms with Crippen LogP contribution in [-0.2, 0) is 26.7 Å². The van der Waals surface area contributed by atoms with Gasteiger partial charge in [-0.1, -0.05) is 37.5 Å². The first kappa shape index (κ1) is 23.6. The Kier molecular flexibility index (Phi) is 7.02. The second kappa shape index (κ2) is 9.22. The molecule has 8 nitrogen and oxygen atoms in total. The van der Waals surface area contributed by atoms with Gasteiger partial charge in [0.1, 0.15) is 5.82 Å². The minimum absolute atomic E-state index is 0.0440. The summed E-state index contributed by atoms with van der Waals surface area (Å²) >= 11 is 5.71. The van der Waals surface area contributed by atoms with Crippen molar-refractivity contribution in [1.82, 2.24) is 19.3 Å². The standard InChI is InChI=1S/C20H26ClFN4O4S/c1-20(2,3)19-23-17(30-24-19)5-4-6-18(27)25-9-11-26(12-10-25)31(28,29)14-7-8-16(22)15(21)13-14/h7-8,13H,4-6,9-12H2,1-3H3. The fourth-order valence-electron chi connectivity index (χ4n) is 3.17. The normalized spacial score (nSPS) is 16.0. The van der Waals surface area contributed by atoms with Gasteiger partial charge in [-0.05, 0) is 24.6 Å². The third kappa shape index (κ3) is 5.61. The molecule has 2 heterocycles. The van der Waals surface area contributed by atoms with Crippen LogP contribution in [-0.4, -0.2) is 59.8 Å². The second-order valence-electron chi connectivity index (χ2n) is 8.48. The molecule has 0 saturated carbocycles. The lowest BCUT2D eigenvalue weighted by Crippen LogP contribution is -2.50. The molecule has 170 valence electrons. The number of carbonyl (C=O) groups is 1. The highest BCUT2D eigenvalue weighted by Crippen LogP contribution is 2.23. The third-order valence-corrected chi connectivity index (χ3v) is 7.22. The van der Waals surface area contributed by atoms with E-state index in [9.17, 15) is 17.6 Å². The van der Waals surface area contributed by atoms with Crippen LogP contribution in [0.25, 0.3) is 0 Å². The lowest BCUT2D eigenvalue weighted by atomic mass is 9.96. The fraction of sp³-hybridized carbons (Fsp3) is 0.550. The summed E-state index contributed by atoms with van der Waals surface area (Å²) < 4.78 is 45.3. The third-order valence-electron chi connectivity index (χ3n) is 5.04. The molecule has 1 aromatic heterocycles. The molecule has 1 amide bonds. The molecule has 1 aliphatic rings. The van der Waals surface area contributed by atoms with Crippen molar-refractivity contribution in [3.05, 3.63) is 40.8 Å². The number of amides is 1. The van der Waals surface area contributed by atoms with Crippen LogP contribution in [0.5, 0.6) is 0 Å². The number of hydrogen-bond donors (Lipinski definition) is 0. The average molecular weight is 473 g/mol. The van der Waals surface area contributed by atoms with E-state index < -0.39 is 15.8 Å². The van der Waals surface area contributed by atoms with Gasteiger partial charge in [-0.3, -0.25) is 4.79 Å². The minimum Gasteiger partial charge on any atom is -0.340 e. The number of benzene rings is 1. The van der Waals surface area contributed by atoms with Gasteiger partial charge in [0, 0.05) is 44.4 Å². The van der Waals surface area contributed by atoms with Crippen molar-refractivity contribution >= 4 is 27.5 Å². The van der Waals surface area contributed by atoms with Crippen LogP contribution >= 0.6 is 11.6 Å². The van der Waals surface area contributed by atoms with E-state index in [1.807, 2.05) is 20.8 Å². The second-order valence-corrected chi connectivity index (χ2v) is 10.8. The van der Waals surface area contributed by atoms with E-state index in [0.29, 0.717) is 44.1 Å². The van der Waals surface area contributed by atoms with Crippen LogP contribution < -0.4 is 0 Å². The van der Waals surface area contributed by atoms with Crippen molar-refractivity contribution in [1.29, 1.82) is 0 Å². The molecule has 0 N–H and O–H groups in total. The fourth-order valence-corrected chi connectivity index (χ4v) is 4.87. The zero-order chi connectivity index (χ0) is 22.8. The number of rotatable bonds is 6. The Hall–Kier alpha value is -2.04. The molecule has 11 heteroatoms. The van der Waals surface area contributed by atoms with Crippen molar-refractivity contribution in [3.8, 4) is 0 Å². The van der Waals surface area contributed by atoms with Gasteiger partial charge in [-0.2, -0.15) is 9.29 Å². The molecular formula is C20H26ClFN4O4S. The quantitative estimate of drug-likeness (QED) is 0.641. The van der Waals surface area contributed by atoms with Gasteiger partial charge in [0.2, 0.25) is 21.8 Å². The minimum atomic E-state index is -3.80. The Morgan fingerprint density at radius 2 is 1.90 bits per heavy atom. The van der Waals surface area contributed by atoms with E-state index in [-0.39, 0.29) is 34.3 Å². The number of piperazine rings is 1. The molecule has 0 radical (unpaired) electrons. The lowest BCUT2D eigenvalue weighted by Gasteiger charge is -2.34. The summed E-state index contributed by atoms with van der Waals surface area (Å²) in [6.07, 6.45) is 1.39. The van der Waals surface area contributed by atoms with Crippen molar-refractivity contribution in [2.75, 3.05) is 26.2 Å². The highest BCUT2D eigenvalue weighted by molar-refractivity contribution is 7.89. The van der Waals surface area contributed by atoms with Crippen LogP contribution in [0.2, 0.25) is 5.02 Å². The van der Waals surface area contributed by atoms with Gasteiger partial charge in [-0.25, -0.2) is 12.8 Å². The lowest BCUT2D eigenvalue weighted by molar-refractivity contribution is -0.132. The molecule has 1 aromatic carbocycles. The maximum absolute atomic E-state index is 13.3. The summed E-state index contributed by atoms with van der Waals surface area (Å²) in [5.74, 6) is 0.420. The number of carbonyl (C=O) groups excluding carboxylic acids is 1. The highest BCUT2D eigenvalue weighted by atomic mass is 35.5. The first-order valence-electron chi connectivity index (χ1n) is 10.0. The van der Waals surface area contributed by atoms with Crippen molar-refractivity contribution < 1.29 is 22.1 Å². The van der Waals surface area contributed by atoms with Crippen molar-refractivity contribution in [2.24, 2.45) is 0 Å². The Bertz CT molecular complexity index is 1040. The van der Waals surface area contributed by atoms with E-state index in [2.05, 4.69) is 10.1 Å². The maximum atomic E-state index is 13.3. The summed E-state index contributed by atoms with van der Waals surface area (Å²) in [4.78, 5) is 18.4. The molecule has 2 aromatic rings. The summed E-state index contributed by atoms with van der Waals surface area (Å²) in [5.41, 5.74) is -0.198. The Morgan fingerprint density at radius 3 is 2.48 bits per heavy atom. The maximum Gasteiger partial charge on any atom is 0.243 e. The monoisotopic (exact) mass is 472 g/mol. The Balaban J connectivity index is 1.49. The Morgan fingerprint density at radius 1 is 1.23 bits per heavy atom. The van der Waals surface area contributed by atoms with E-state index >= 15 is 0 Å². The molecule has 3 rings (SSSR count). The van der Waals surface area contributed by atoms with Gasteiger partial charge in [0.05, 0.1) is 9.92 Å². The molecule has 0 atom stereocenters. The predicted molar refractivity (Wildman–Crippen MR) is 113 cm³/mol. The Labute approximate surface area is 186 Å². The molecule has 0 spiro atoms. The summed E-state index contributed by atoms with van der Waals surface area (Å²) in [6, 6.07) is 3.33. The van der Waals surface area contributed by atoms with Gasteiger partial charge in [0.15, 0.2) is 5.82 Å². The van der Waals surface area contributed by atoms with E-state index in [1.165, 1.54) is 10.4 Å². The summed E-state index contributed by atoms with van der Waals surface area (Å²) in [5, 5.41) is 3.72. The van der Waals surface area contributed by atoms with Crippen LogP contribution in [0.15, 0.2) is 27.6 Å². The highest BCUT2D eigenvalue weighted by Gasteiger charge is 2.30. The average Bonchev–Trinajstić information content (AvgIpc) is 3.19.